The molecule has 1 saturated carbocycles. The summed E-state index contributed by atoms with van der Waals surface area (Å²) >= 11 is 1.42. The van der Waals surface area contributed by atoms with E-state index in [1.807, 2.05) is 11.8 Å². The summed E-state index contributed by atoms with van der Waals surface area (Å²) in [6.07, 6.45) is 3.55. The van der Waals surface area contributed by atoms with Crippen molar-refractivity contribution in [3.8, 4) is 0 Å². The summed E-state index contributed by atoms with van der Waals surface area (Å²) in [5.41, 5.74) is 0. The van der Waals surface area contributed by atoms with Crippen molar-refractivity contribution in [3.05, 3.63) is 5.01 Å². The lowest BCUT2D eigenvalue weighted by Crippen LogP contribution is -2.55. The number of carbonyl (C=O) groups excluding carboxylic acids is 1. The fraction of sp³-hybridized carbons (Fsp3) is 0.750. The Balaban J connectivity index is 1.76. The van der Waals surface area contributed by atoms with E-state index in [-0.39, 0.29) is 24.7 Å². The molecule has 2 amide bonds. The van der Waals surface area contributed by atoms with E-state index in [9.17, 15) is 9.59 Å². The zero-order chi connectivity index (χ0) is 18.4. The highest BCUT2D eigenvalue weighted by Crippen LogP contribution is 2.28. The van der Waals surface area contributed by atoms with Gasteiger partial charge in [-0.15, -0.1) is 10.2 Å². The molecule has 3 N–H and O–H groups in total. The van der Waals surface area contributed by atoms with Gasteiger partial charge in [0, 0.05) is 18.0 Å². The third-order valence-electron chi connectivity index (χ3n) is 4.71. The minimum Gasteiger partial charge on any atom is -0.480 e. The Bertz CT molecular complexity index is 584. The molecule has 25 heavy (non-hydrogen) atoms. The Morgan fingerprint density at radius 3 is 2.52 bits per heavy atom. The van der Waals surface area contributed by atoms with Crippen molar-refractivity contribution in [1.82, 2.24) is 20.4 Å². The Morgan fingerprint density at radius 1 is 1.28 bits per heavy atom. The standard InChI is InChI=1S/C16H27N5O3S/c1-4-10(5-2)14-19-20-16(25-14)18-15(24)17-11-7-12(8-11)21(6-3)9-13(22)23/h10-12H,4-9H2,1-3H3,(H,22,23)(H2,17,18,20,24). The largest absolute Gasteiger partial charge is 0.480 e. The average molecular weight is 369 g/mol. The van der Waals surface area contributed by atoms with Crippen LogP contribution in [-0.4, -0.2) is 57.4 Å². The third kappa shape index (κ3) is 5.37. The summed E-state index contributed by atoms with van der Waals surface area (Å²) in [5.74, 6) is -0.432. The van der Waals surface area contributed by atoms with Gasteiger partial charge in [0.05, 0.1) is 6.54 Å². The monoisotopic (exact) mass is 369 g/mol. The van der Waals surface area contributed by atoms with Crippen LogP contribution < -0.4 is 10.6 Å². The number of rotatable bonds is 9. The highest BCUT2D eigenvalue weighted by molar-refractivity contribution is 7.15. The number of anilines is 1. The second-order valence-corrected chi connectivity index (χ2v) is 7.35. The molecule has 0 spiro atoms. The highest BCUT2D eigenvalue weighted by atomic mass is 32.1. The number of carbonyl (C=O) groups is 2. The first-order valence-electron chi connectivity index (χ1n) is 8.83. The molecule has 1 fully saturated rings. The van der Waals surface area contributed by atoms with E-state index in [4.69, 9.17) is 5.11 Å². The van der Waals surface area contributed by atoms with Crippen molar-refractivity contribution in [3.63, 3.8) is 0 Å². The van der Waals surface area contributed by atoms with Gasteiger partial charge in [-0.05, 0) is 32.2 Å². The van der Waals surface area contributed by atoms with Gasteiger partial charge < -0.3 is 10.4 Å². The summed E-state index contributed by atoms with van der Waals surface area (Å²) in [4.78, 5) is 24.8. The number of amides is 2. The molecule has 0 unspecified atom stereocenters. The molecule has 0 aromatic carbocycles. The third-order valence-corrected chi connectivity index (χ3v) is 5.71. The maximum Gasteiger partial charge on any atom is 0.321 e. The average Bonchev–Trinajstić information content (AvgIpc) is 2.97. The number of nitrogens with one attached hydrogen (secondary N) is 2. The second-order valence-electron chi connectivity index (χ2n) is 6.34. The summed E-state index contributed by atoms with van der Waals surface area (Å²) in [6, 6.07) is 0.00523. The zero-order valence-corrected chi connectivity index (χ0v) is 15.8. The minimum atomic E-state index is -0.819. The maximum atomic E-state index is 12.1. The molecule has 1 aliphatic carbocycles. The lowest BCUT2D eigenvalue weighted by molar-refractivity contribution is -0.139. The van der Waals surface area contributed by atoms with Crippen LogP contribution in [0.4, 0.5) is 9.93 Å². The van der Waals surface area contributed by atoms with Crippen LogP contribution in [0.3, 0.4) is 0 Å². The second kappa shape index (κ2) is 9.10. The number of carboxylic acid groups (broad SMARTS) is 1. The van der Waals surface area contributed by atoms with Crippen LogP contribution >= 0.6 is 11.3 Å². The van der Waals surface area contributed by atoms with Gasteiger partial charge in [-0.3, -0.25) is 15.0 Å². The Labute approximate surface area is 152 Å². The van der Waals surface area contributed by atoms with Crippen molar-refractivity contribution in [2.24, 2.45) is 0 Å². The fourth-order valence-electron chi connectivity index (χ4n) is 3.08. The smallest absolute Gasteiger partial charge is 0.321 e. The van der Waals surface area contributed by atoms with Crippen molar-refractivity contribution < 1.29 is 14.7 Å². The summed E-state index contributed by atoms with van der Waals surface area (Å²) in [5, 5.41) is 24.2. The van der Waals surface area contributed by atoms with Crippen LogP contribution in [0.1, 0.15) is 57.4 Å². The van der Waals surface area contributed by atoms with E-state index < -0.39 is 5.97 Å². The molecule has 0 radical (unpaired) electrons. The minimum absolute atomic E-state index is 0.0453. The number of hydrogen-bond donors (Lipinski definition) is 3. The molecular weight excluding hydrogens is 342 g/mol. The molecule has 0 atom stereocenters. The molecule has 9 heteroatoms. The van der Waals surface area contributed by atoms with Gasteiger partial charge >= 0.3 is 12.0 Å². The molecule has 0 bridgehead atoms. The molecule has 0 saturated heterocycles. The molecule has 1 heterocycles. The normalized spacial score (nSPS) is 19.7. The number of likely N-dealkylation sites (N-methyl/N-ethyl adjacent to an activating group) is 1. The first kappa shape index (κ1) is 19.6. The van der Waals surface area contributed by atoms with Gasteiger partial charge in [0.2, 0.25) is 5.13 Å². The Kier molecular flexibility index (Phi) is 7.12. The predicted molar refractivity (Wildman–Crippen MR) is 97.1 cm³/mol. The fourth-order valence-corrected chi connectivity index (χ4v) is 4.09. The van der Waals surface area contributed by atoms with Crippen LogP contribution in [0, 0.1) is 0 Å². The molecule has 0 aliphatic heterocycles. The number of hydrogen-bond acceptors (Lipinski definition) is 6. The molecule has 1 aliphatic rings. The van der Waals surface area contributed by atoms with Gasteiger partial charge in [-0.25, -0.2) is 4.79 Å². The van der Waals surface area contributed by atoms with Gasteiger partial charge in [-0.1, -0.05) is 32.1 Å². The molecule has 1 aromatic heterocycles. The number of nitrogens with zero attached hydrogens (tertiary/aromatic N) is 3. The SMILES string of the molecule is CCC(CC)c1nnc(NC(=O)NC2CC(N(CC)CC(=O)O)C2)s1. The van der Waals surface area contributed by atoms with E-state index in [0.29, 0.717) is 17.6 Å². The van der Waals surface area contributed by atoms with Gasteiger partial charge in [-0.2, -0.15) is 0 Å². The number of aromatic nitrogens is 2. The Hall–Kier alpha value is -1.74. The van der Waals surface area contributed by atoms with E-state index in [0.717, 1.165) is 30.7 Å². The van der Waals surface area contributed by atoms with Gasteiger partial charge in [0.15, 0.2) is 0 Å². The van der Waals surface area contributed by atoms with Crippen LogP contribution in [0.15, 0.2) is 0 Å². The van der Waals surface area contributed by atoms with Crippen molar-refractivity contribution in [1.29, 1.82) is 0 Å². The van der Waals surface area contributed by atoms with Gasteiger partial charge in [0.25, 0.3) is 0 Å². The number of aliphatic carboxylic acids is 1. The quantitative estimate of drug-likeness (QED) is 0.617. The molecule has 140 valence electrons. The van der Waals surface area contributed by atoms with Crippen molar-refractivity contribution in [2.45, 2.75) is 64.5 Å². The Morgan fingerprint density at radius 2 is 1.96 bits per heavy atom. The van der Waals surface area contributed by atoms with E-state index in [1.165, 1.54) is 11.3 Å². The van der Waals surface area contributed by atoms with Crippen molar-refractivity contribution >= 4 is 28.5 Å². The van der Waals surface area contributed by atoms with E-state index in [1.54, 1.807) is 0 Å². The topological polar surface area (TPSA) is 107 Å². The van der Waals surface area contributed by atoms with Gasteiger partial charge in [0.1, 0.15) is 5.01 Å². The first-order chi connectivity index (χ1) is 12.0. The van der Waals surface area contributed by atoms with Crippen LogP contribution in [-0.2, 0) is 4.79 Å². The first-order valence-corrected chi connectivity index (χ1v) is 9.65. The van der Waals surface area contributed by atoms with Crippen LogP contribution in [0.5, 0.6) is 0 Å². The zero-order valence-electron chi connectivity index (χ0n) is 15.0. The summed E-state index contributed by atoms with van der Waals surface area (Å²) in [6.45, 7) is 6.92. The molecule has 8 nitrogen and oxygen atoms in total. The lowest BCUT2D eigenvalue weighted by Gasteiger charge is -2.42. The van der Waals surface area contributed by atoms with Crippen LogP contribution in [0.25, 0.3) is 0 Å². The van der Waals surface area contributed by atoms with Crippen LogP contribution in [0.2, 0.25) is 0 Å². The molecule has 2 rings (SSSR count). The predicted octanol–water partition coefficient (Wildman–Crippen LogP) is 2.50. The highest BCUT2D eigenvalue weighted by Gasteiger charge is 2.34. The number of carboxylic acids is 1. The molecule has 1 aromatic rings. The summed E-state index contributed by atoms with van der Waals surface area (Å²) < 4.78 is 0. The maximum absolute atomic E-state index is 12.1. The van der Waals surface area contributed by atoms with E-state index in [2.05, 4.69) is 34.7 Å². The molecular formula is C16H27N5O3S. The van der Waals surface area contributed by atoms with E-state index >= 15 is 0 Å². The number of urea groups is 1. The lowest BCUT2D eigenvalue weighted by atomic mass is 9.85. The van der Waals surface area contributed by atoms with Crippen molar-refractivity contribution in [2.75, 3.05) is 18.4 Å². The summed E-state index contributed by atoms with van der Waals surface area (Å²) in [7, 11) is 0.